The third-order valence-corrected chi connectivity index (χ3v) is 8.58. The van der Waals surface area contributed by atoms with Crippen molar-refractivity contribution in [2.24, 2.45) is 5.92 Å². The maximum Gasteiger partial charge on any atom is 0.266 e. The Bertz CT molecular complexity index is 1490. The molecule has 2 heterocycles. The topological polar surface area (TPSA) is 76.1 Å². The molecule has 1 saturated heterocycles. The minimum atomic E-state index is -0.699. The van der Waals surface area contributed by atoms with Crippen molar-refractivity contribution in [3.8, 4) is 0 Å². The van der Waals surface area contributed by atoms with Gasteiger partial charge in [0.2, 0.25) is 0 Å². The molecule has 0 aromatic heterocycles. The van der Waals surface area contributed by atoms with E-state index in [2.05, 4.69) is 19.1 Å². The first kappa shape index (κ1) is 26.5. The summed E-state index contributed by atoms with van der Waals surface area (Å²) in [5.41, 5.74) is 3.86. The average Bonchev–Trinajstić information content (AvgIpc) is 3.26. The zero-order valence-corrected chi connectivity index (χ0v) is 22.8. The van der Waals surface area contributed by atoms with Crippen LogP contribution >= 0.6 is 11.8 Å². The van der Waals surface area contributed by atoms with E-state index in [0.717, 1.165) is 27.3 Å². The third kappa shape index (κ3) is 5.09. The van der Waals surface area contributed by atoms with Crippen molar-refractivity contribution in [2.75, 3.05) is 10.7 Å². The number of anilines is 1. The van der Waals surface area contributed by atoms with Gasteiger partial charge in [-0.3, -0.25) is 9.59 Å². The molecule has 0 radical (unpaired) electrons. The zero-order valence-electron chi connectivity index (χ0n) is 22.0. The van der Waals surface area contributed by atoms with Crippen LogP contribution in [-0.2, 0) is 16.1 Å². The number of thioether (sulfide) groups is 1. The number of benzene rings is 4. The second-order valence-electron chi connectivity index (χ2n) is 10.0. The van der Waals surface area contributed by atoms with Gasteiger partial charge in [-0.2, -0.15) is 0 Å². The van der Waals surface area contributed by atoms with Crippen LogP contribution in [0.1, 0.15) is 56.7 Å². The summed E-state index contributed by atoms with van der Waals surface area (Å²) < 4.78 is 13.1. The molecular formula is C33H29NO5S. The molecule has 4 aromatic carbocycles. The number of ether oxygens (including phenoxy) is 2. The molecule has 0 saturated carbocycles. The van der Waals surface area contributed by atoms with E-state index in [4.69, 9.17) is 9.47 Å². The summed E-state index contributed by atoms with van der Waals surface area (Å²) in [5, 5.41) is 9.51. The standard InChI is InChI=1S/C33H29NO5S/c1-21-29(20-40-26-10-3-2-4-11-26)38-33(39-30(21)23-16-14-22(19-35)15-17-23)24-8-7-9-25(18-24)34-31(36)27-12-5-6-13-28(27)32(34)37/h2-18,21,29-30,33,35H,19-20H2,1H3/t21-,29+,30+,33+/m1/s1. The van der Waals surface area contributed by atoms with Crippen molar-refractivity contribution in [1.29, 1.82) is 0 Å². The monoisotopic (exact) mass is 551 g/mol. The molecule has 1 fully saturated rings. The van der Waals surface area contributed by atoms with E-state index >= 15 is 0 Å². The number of imide groups is 1. The van der Waals surface area contributed by atoms with Crippen molar-refractivity contribution in [3.63, 3.8) is 0 Å². The molecule has 202 valence electrons. The quantitative estimate of drug-likeness (QED) is 0.207. The van der Waals surface area contributed by atoms with Gasteiger partial charge in [0, 0.05) is 22.1 Å². The first-order valence-corrected chi connectivity index (χ1v) is 14.3. The molecule has 0 spiro atoms. The van der Waals surface area contributed by atoms with E-state index < -0.39 is 6.29 Å². The van der Waals surface area contributed by atoms with Gasteiger partial charge in [0.1, 0.15) is 0 Å². The van der Waals surface area contributed by atoms with Crippen LogP contribution in [-0.4, -0.2) is 28.8 Å². The average molecular weight is 552 g/mol. The van der Waals surface area contributed by atoms with Crippen LogP contribution in [0.4, 0.5) is 5.69 Å². The lowest BCUT2D eigenvalue weighted by Gasteiger charge is -2.41. The van der Waals surface area contributed by atoms with E-state index in [0.29, 0.717) is 16.8 Å². The number of hydrogen-bond donors (Lipinski definition) is 1. The molecule has 4 aromatic rings. The smallest absolute Gasteiger partial charge is 0.266 e. The minimum Gasteiger partial charge on any atom is -0.392 e. The molecule has 6 rings (SSSR count). The molecule has 0 aliphatic carbocycles. The van der Waals surface area contributed by atoms with Crippen molar-refractivity contribution >= 4 is 29.3 Å². The van der Waals surface area contributed by atoms with Gasteiger partial charge in [-0.1, -0.05) is 73.7 Å². The largest absolute Gasteiger partial charge is 0.392 e. The number of nitrogens with zero attached hydrogens (tertiary/aromatic N) is 1. The van der Waals surface area contributed by atoms with Gasteiger partial charge < -0.3 is 14.6 Å². The van der Waals surface area contributed by atoms with E-state index in [1.54, 1.807) is 48.2 Å². The van der Waals surface area contributed by atoms with Crippen molar-refractivity contribution in [2.45, 2.75) is 36.9 Å². The molecule has 0 unspecified atom stereocenters. The number of aliphatic hydroxyl groups is 1. The Kier molecular flexibility index (Phi) is 7.54. The van der Waals surface area contributed by atoms with Gasteiger partial charge in [0.25, 0.3) is 11.8 Å². The number of amides is 2. The Labute approximate surface area is 237 Å². The molecule has 2 aliphatic heterocycles. The lowest BCUT2D eigenvalue weighted by Crippen LogP contribution is -2.38. The molecule has 2 aliphatic rings. The van der Waals surface area contributed by atoms with Gasteiger partial charge in [0.05, 0.1) is 35.6 Å². The lowest BCUT2D eigenvalue weighted by molar-refractivity contribution is -0.268. The second kappa shape index (κ2) is 11.4. The summed E-state index contributed by atoms with van der Waals surface area (Å²) in [6.45, 7) is 2.11. The highest BCUT2D eigenvalue weighted by Crippen LogP contribution is 2.43. The van der Waals surface area contributed by atoms with Gasteiger partial charge >= 0.3 is 0 Å². The lowest BCUT2D eigenvalue weighted by atomic mass is 9.91. The first-order chi connectivity index (χ1) is 19.5. The summed E-state index contributed by atoms with van der Waals surface area (Å²) in [7, 11) is 0. The molecule has 4 atom stereocenters. The number of carbonyl (C=O) groups excluding carboxylic acids is 2. The fraction of sp³-hybridized carbons (Fsp3) is 0.212. The van der Waals surface area contributed by atoms with Gasteiger partial charge in [0.15, 0.2) is 6.29 Å². The molecule has 40 heavy (non-hydrogen) atoms. The fourth-order valence-electron chi connectivity index (χ4n) is 5.24. The first-order valence-electron chi connectivity index (χ1n) is 13.3. The van der Waals surface area contributed by atoms with Gasteiger partial charge in [-0.15, -0.1) is 11.8 Å². The number of carbonyl (C=O) groups is 2. The number of hydrogen-bond acceptors (Lipinski definition) is 6. The Balaban J connectivity index is 1.30. The van der Waals surface area contributed by atoms with Crippen LogP contribution in [0.5, 0.6) is 0 Å². The molecular weight excluding hydrogens is 522 g/mol. The highest BCUT2D eigenvalue weighted by molar-refractivity contribution is 7.99. The summed E-state index contributed by atoms with van der Waals surface area (Å²) >= 11 is 1.74. The normalized spacial score (nSPS) is 22.4. The maximum atomic E-state index is 13.1. The Morgan fingerprint density at radius 3 is 2.12 bits per heavy atom. The van der Waals surface area contributed by atoms with Crippen LogP contribution in [0, 0.1) is 5.92 Å². The fourth-order valence-corrected chi connectivity index (χ4v) is 6.33. The van der Waals surface area contributed by atoms with Gasteiger partial charge in [-0.25, -0.2) is 4.90 Å². The second-order valence-corrected chi connectivity index (χ2v) is 11.1. The Hall–Kier alpha value is -3.75. The SMILES string of the molecule is C[C@@H]1[C@H](CSc2ccccc2)O[C@H](c2cccc(N3C(=O)c4ccccc4C3=O)c2)O[C@@H]1c1ccc(CO)cc1. The summed E-state index contributed by atoms with van der Waals surface area (Å²) in [6, 6.07) is 32.2. The predicted octanol–water partition coefficient (Wildman–Crippen LogP) is 6.56. The molecule has 2 amide bonds. The van der Waals surface area contributed by atoms with E-state index in [1.165, 1.54) is 4.90 Å². The van der Waals surface area contributed by atoms with Crippen LogP contribution in [0.2, 0.25) is 0 Å². The molecule has 6 nitrogen and oxygen atoms in total. The van der Waals surface area contributed by atoms with Crippen molar-refractivity contribution in [3.05, 3.63) is 131 Å². The van der Waals surface area contributed by atoms with E-state index in [-0.39, 0.29) is 36.5 Å². The maximum absolute atomic E-state index is 13.1. The van der Waals surface area contributed by atoms with Crippen molar-refractivity contribution < 1.29 is 24.2 Å². The van der Waals surface area contributed by atoms with Crippen LogP contribution in [0.15, 0.2) is 108 Å². The van der Waals surface area contributed by atoms with Gasteiger partial charge in [-0.05, 0) is 47.5 Å². The summed E-state index contributed by atoms with van der Waals surface area (Å²) in [5.74, 6) is 0.104. The minimum absolute atomic E-state index is 0.0198. The van der Waals surface area contributed by atoms with Crippen LogP contribution in [0.25, 0.3) is 0 Å². The highest BCUT2D eigenvalue weighted by Gasteiger charge is 2.40. The molecule has 1 N–H and O–H groups in total. The van der Waals surface area contributed by atoms with E-state index in [1.807, 2.05) is 54.6 Å². The van der Waals surface area contributed by atoms with Crippen molar-refractivity contribution in [1.82, 2.24) is 0 Å². The summed E-state index contributed by atoms with van der Waals surface area (Å²) in [4.78, 5) is 28.6. The zero-order chi connectivity index (χ0) is 27.6. The van der Waals surface area contributed by atoms with Crippen LogP contribution < -0.4 is 4.90 Å². The number of fused-ring (bicyclic) bond motifs is 1. The number of rotatable bonds is 7. The Morgan fingerprint density at radius 1 is 0.775 bits per heavy atom. The number of aliphatic hydroxyl groups excluding tert-OH is 1. The Morgan fingerprint density at radius 2 is 1.45 bits per heavy atom. The van der Waals surface area contributed by atoms with Crippen LogP contribution in [0.3, 0.4) is 0 Å². The molecule has 0 bridgehead atoms. The molecule has 7 heteroatoms. The third-order valence-electron chi connectivity index (χ3n) is 7.48. The predicted molar refractivity (Wildman–Crippen MR) is 154 cm³/mol. The van der Waals surface area contributed by atoms with E-state index in [9.17, 15) is 14.7 Å². The summed E-state index contributed by atoms with van der Waals surface area (Å²) in [6.07, 6.45) is -1.08. The highest BCUT2D eigenvalue weighted by atomic mass is 32.2.